The molecule has 34 heavy (non-hydrogen) atoms. The zero-order chi connectivity index (χ0) is 28.4. The standard InChI is InChI=1S/C11F21NO/c12-2(13,4(16,17)6(20,21)8(24,25)10(27,28)29)3(14,15)5(18,19)7(22,23)9(26,33-1-34)11(30,31)32. The number of rotatable bonds is 8. The van der Waals surface area contributed by atoms with Gasteiger partial charge in [-0.3, -0.25) is 0 Å². The van der Waals surface area contributed by atoms with Gasteiger partial charge in [0.2, 0.25) is 6.08 Å². The molecule has 0 spiro atoms. The van der Waals surface area contributed by atoms with Crippen LogP contribution in [0.25, 0.3) is 0 Å². The molecule has 0 radical (unpaired) electrons. The second-order valence-electron chi connectivity index (χ2n) is 5.84. The lowest BCUT2D eigenvalue weighted by Gasteiger charge is -2.44. The molecule has 0 aromatic rings. The first-order valence-corrected chi connectivity index (χ1v) is 6.87. The van der Waals surface area contributed by atoms with E-state index in [4.69, 9.17) is 0 Å². The predicted octanol–water partition coefficient (Wildman–Crippen LogP) is 6.56. The van der Waals surface area contributed by atoms with Gasteiger partial charge in [0, 0.05) is 0 Å². The topological polar surface area (TPSA) is 29.4 Å². The maximum Gasteiger partial charge on any atom is 0.460 e. The fraction of sp³-hybridized carbons (Fsp3) is 0.909. The molecule has 1 atom stereocenters. The summed E-state index contributed by atoms with van der Waals surface area (Å²) in [6.07, 6.45) is -16.7. The molecule has 0 N–H and O–H groups in total. The van der Waals surface area contributed by atoms with Gasteiger partial charge in [-0.2, -0.15) is 92.2 Å². The summed E-state index contributed by atoms with van der Waals surface area (Å²) in [6, 6.07) is 0. The summed E-state index contributed by atoms with van der Waals surface area (Å²) >= 11 is 0. The van der Waals surface area contributed by atoms with Gasteiger partial charge in [-0.1, -0.05) is 0 Å². The second kappa shape index (κ2) is 7.70. The lowest BCUT2D eigenvalue weighted by atomic mass is 9.86. The van der Waals surface area contributed by atoms with Crippen LogP contribution in [0.5, 0.6) is 0 Å². The second-order valence-corrected chi connectivity index (χ2v) is 5.84. The van der Waals surface area contributed by atoms with Crippen LogP contribution in [0, 0.1) is 0 Å². The normalized spacial score (nSPS) is 17.8. The summed E-state index contributed by atoms with van der Waals surface area (Å²) in [5, 5.41) is 0. The maximum absolute atomic E-state index is 13.4. The van der Waals surface area contributed by atoms with E-state index in [1.165, 1.54) is 0 Å². The average Bonchev–Trinajstić information content (AvgIpc) is 2.58. The lowest BCUT2D eigenvalue weighted by Crippen LogP contribution is -2.76. The Hall–Kier alpha value is -2.09. The summed E-state index contributed by atoms with van der Waals surface area (Å²) in [6.45, 7) is 0. The number of halogens is 21. The summed E-state index contributed by atoms with van der Waals surface area (Å²) in [5.74, 6) is -70.3. The van der Waals surface area contributed by atoms with Crippen molar-refractivity contribution in [2.24, 2.45) is 4.99 Å². The van der Waals surface area contributed by atoms with Gasteiger partial charge < -0.3 is 0 Å². The molecule has 2 nitrogen and oxygen atoms in total. The quantitative estimate of drug-likeness (QED) is 0.143. The van der Waals surface area contributed by atoms with Crippen LogP contribution >= 0.6 is 0 Å². The van der Waals surface area contributed by atoms with Gasteiger partial charge in [0.15, 0.2) is 0 Å². The molecular weight excluding hydrogens is 561 g/mol. The lowest BCUT2D eigenvalue weighted by molar-refractivity contribution is -0.470. The first-order valence-electron chi connectivity index (χ1n) is 6.87. The Morgan fingerprint density at radius 2 is 0.588 bits per heavy atom. The van der Waals surface area contributed by atoms with Gasteiger partial charge in [0.25, 0.3) is 0 Å². The monoisotopic (exact) mass is 561 g/mol. The minimum Gasteiger partial charge on any atom is -0.211 e. The first kappa shape index (κ1) is 31.9. The Bertz CT molecular complexity index is 814. The van der Waals surface area contributed by atoms with Gasteiger partial charge in [-0.25, -0.2) is 4.79 Å². The Kier molecular flexibility index (Phi) is 7.23. The third-order valence-corrected chi connectivity index (χ3v) is 3.71. The number of hydrogen-bond donors (Lipinski definition) is 0. The van der Waals surface area contributed by atoms with E-state index in [1.54, 1.807) is 0 Å². The number of isocyanates is 1. The van der Waals surface area contributed by atoms with Gasteiger partial charge in [0.1, 0.15) is 0 Å². The van der Waals surface area contributed by atoms with Crippen LogP contribution < -0.4 is 0 Å². The van der Waals surface area contributed by atoms with Crippen molar-refractivity contribution in [1.29, 1.82) is 0 Å². The molecule has 0 aliphatic carbocycles. The molecule has 0 aromatic heterocycles. The molecule has 23 heteroatoms. The number of hydrogen-bond acceptors (Lipinski definition) is 2. The van der Waals surface area contributed by atoms with Crippen LogP contribution in [0.1, 0.15) is 0 Å². The third kappa shape index (κ3) is 3.64. The number of nitrogens with zero attached hydrogens (tertiary/aromatic N) is 1. The van der Waals surface area contributed by atoms with E-state index >= 15 is 0 Å². The van der Waals surface area contributed by atoms with Crippen molar-refractivity contribution in [3.63, 3.8) is 0 Å². The van der Waals surface area contributed by atoms with Crippen LogP contribution in [-0.2, 0) is 4.79 Å². The van der Waals surface area contributed by atoms with E-state index in [1.807, 2.05) is 0 Å². The molecule has 0 saturated carbocycles. The van der Waals surface area contributed by atoms with Crippen LogP contribution in [0.3, 0.4) is 0 Å². The van der Waals surface area contributed by atoms with Gasteiger partial charge in [-0.15, -0.1) is 4.99 Å². The highest BCUT2D eigenvalue weighted by Gasteiger charge is 2.97. The van der Waals surface area contributed by atoms with E-state index in [0.717, 1.165) is 0 Å². The van der Waals surface area contributed by atoms with Crippen molar-refractivity contribution in [1.82, 2.24) is 0 Å². The highest BCUT2D eigenvalue weighted by atomic mass is 19.4. The maximum atomic E-state index is 13.4. The van der Waals surface area contributed by atoms with Crippen molar-refractivity contribution in [3.8, 4) is 0 Å². The van der Waals surface area contributed by atoms with Crippen molar-refractivity contribution in [3.05, 3.63) is 0 Å². The van der Waals surface area contributed by atoms with E-state index in [9.17, 15) is 97.0 Å². The zero-order valence-electron chi connectivity index (χ0n) is 14.3. The van der Waals surface area contributed by atoms with Crippen molar-refractivity contribution < 1.29 is 97.0 Å². The molecule has 0 fully saturated rings. The molecule has 0 bridgehead atoms. The smallest absolute Gasteiger partial charge is 0.211 e. The van der Waals surface area contributed by atoms with Crippen LogP contribution in [-0.4, -0.2) is 65.7 Å². The van der Waals surface area contributed by atoms with Crippen molar-refractivity contribution in [2.75, 3.05) is 0 Å². The van der Waals surface area contributed by atoms with E-state index < -0.39 is 65.7 Å². The summed E-state index contributed by atoms with van der Waals surface area (Å²) < 4.78 is 270. The van der Waals surface area contributed by atoms with Crippen molar-refractivity contribution >= 4 is 6.08 Å². The van der Waals surface area contributed by atoms with Crippen LogP contribution in [0.15, 0.2) is 4.99 Å². The fourth-order valence-electron chi connectivity index (χ4n) is 1.75. The van der Waals surface area contributed by atoms with Gasteiger partial charge in [-0.05, 0) is 0 Å². The molecule has 202 valence electrons. The zero-order valence-corrected chi connectivity index (χ0v) is 14.3. The molecule has 0 amide bonds. The highest BCUT2D eigenvalue weighted by Crippen LogP contribution is 2.66. The molecule has 0 rings (SSSR count). The number of alkyl halides is 21. The Labute approximate surface area is 169 Å². The van der Waals surface area contributed by atoms with Crippen LogP contribution in [0.4, 0.5) is 92.2 Å². The molecule has 0 saturated heterocycles. The van der Waals surface area contributed by atoms with E-state index in [-0.39, 0.29) is 0 Å². The Balaban J connectivity index is 7.22. The van der Waals surface area contributed by atoms with Crippen LogP contribution in [0.2, 0.25) is 0 Å². The molecular formula is C11F21NO. The molecule has 0 heterocycles. The molecule has 0 aliphatic rings. The SMILES string of the molecule is O=C=NC(F)(C(F)(F)F)C(F)(F)C(F)(F)C(F)(F)C(F)(F)C(F)(F)C(F)(F)C(F)(F)C(F)(F)F. The third-order valence-electron chi connectivity index (χ3n) is 3.71. The van der Waals surface area contributed by atoms with Crippen molar-refractivity contribution in [2.45, 2.75) is 59.6 Å². The molecule has 0 aliphatic heterocycles. The predicted molar refractivity (Wildman–Crippen MR) is 58.7 cm³/mol. The summed E-state index contributed by atoms with van der Waals surface area (Å²) in [7, 11) is 0. The minimum absolute atomic E-state index is 0.334. The average molecular weight is 561 g/mol. The molecule has 0 aromatic carbocycles. The highest BCUT2D eigenvalue weighted by molar-refractivity contribution is 5.36. The first-order chi connectivity index (χ1) is 14.3. The summed E-state index contributed by atoms with van der Waals surface area (Å²) in [5.41, 5.74) is 0. The number of carbonyl (C=O) groups excluding carboxylic acids is 1. The minimum atomic E-state index is -9.22. The summed E-state index contributed by atoms with van der Waals surface area (Å²) in [4.78, 5) is 9.96. The van der Waals surface area contributed by atoms with E-state index in [0.29, 0.717) is 4.99 Å². The Morgan fingerprint density at radius 1 is 0.353 bits per heavy atom. The van der Waals surface area contributed by atoms with Gasteiger partial charge >= 0.3 is 59.6 Å². The number of aliphatic imine (C=N–C) groups is 1. The Morgan fingerprint density at radius 3 is 0.794 bits per heavy atom. The largest absolute Gasteiger partial charge is 0.460 e. The fourth-order valence-corrected chi connectivity index (χ4v) is 1.75. The van der Waals surface area contributed by atoms with E-state index in [2.05, 4.69) is 0 Å². The van der Waals surface area contributed by atoms with Gasteiger partial charge in [0.05, 0.1) is 0 Å². The molecule has 1 unspecified atom stereocenters.